The molecule has 1 aliphatic carbocycles. The Morgan fingerprint density at radius 1 is 1.06 bits per heavy atom. The van der Waals surface area contributed by atoms with Gasteiger partial charge < -0.3 is 0 Å². The average molecular weight is 474 g/mol. The van der Waals surface area contributed by atoms with Gasteiger partial charge in [-0.1, -0.05) is 47.5 Å². The number of hydrogen-bond acceptors (Lipinski definition) is 5. The molecule has 4 rings (SSSR count). The highest BCUT2D eigenvalue weighted by Crippen LogP contribution is 2.37. The summed E-state index contributed by atoms with van der Waals surface area (Å²) < 4.78 is 0. The first kappa shape index (κ1) is 22.0. The maximum absolute atomic E-state index is 13.5. The molecule has 0 radical (unpaired) electrons. The number of hydrogen-bond donors (Lipinski definition) is 0. The SMILES string of the molecule is O=C(c1ccccc1Cl)N(Cc1ccc(Cl)cc1[N+](=O)[O-])N1C(=O)[C@H]2CC=CC[C@H]2C1=O. The Labute approximate surface area is 193 Å². The molecule has 0 unspecified atom stereocenters. The van der Waals surface area contributed by atoms with E-state index in [0.29, 0.717) is 12.8 Å². The van der Waals surface area contributed by atoms with Gasteiger partial charge in [-0.2, -0.15) is 5.01 Å². The van der Waals surface area contributed by atoms with Crippen molar-refractivity contribution in [2.45, 2.75) is 19.4 Å². The number of carbonyl (C=O) groups excluding carboxylic acids is 3. The first-order chi connectivity index (χ1) is 15.3. The molecule has 8 nitrogen and oxygen atoms in total. The zero-order valence-corrected chi connectivity index (χ0v) is 18.1. The van der Waals surface area contributed by atoms with Crippen LogP contribution in [0.15, 0.2) is 54.6 Å². The van der Waals surface area contributed by atoms with E-state index < -0.39 is 34.5 Å². The smallest absolute Gasteiger partial charge is 0.272 e. The predicted molar refractivity (Wildman–Crippen MR) is 117 cm³/mol. The normalized spacial score (nSPS) is 19.8. The first-order valence-corrected chi connectivity index (χ1v) is 10.6. The lowest BCUT2D eigenvalue weighted by Crippen LogP contribution is -2.50. The molecule has 2 aromatic carbocycles. The topological polar surface area (TPSA) is 101 Å². The van der Waals surface area contributed by atoms with Gasteiger partial charge in [0.1, 0.15) is 0 Å². The van der Waals surface area contributed by atoms with Gasteiger partial charge in [0.2, 0.25) is 0 Å². The fourth-order valence-electron chi connectivity index (χ4n) is 4.03. The second-order valence-corrected chi connectivity index (χ2v) is 8.36. The summed E-state index contributed by atoms with van der Waals surface area (Å²) in [5, 5.41) is 13.6. The zero-order chi connectivity index (χ0) is 23.0. The third-order valence-electron chi connectivity index (χ3n) is 5.63. The van der Waals surface area contributed by atoms with Gasteiger partial charge in [0.05, 0.1) is 39.5 Å². The largest absolute Gasteiger partial charge is 0.275 e. The number of amides is 3. The standard InChI is InChI=1S/C22H17Cl2N3O5/c23-14-10-9-13(19(11-14)27(31)32)12-25(20(28)17-7-3-4-8-18(17)24)26-21(29)15-5-1-2-6-16(15)22(26)30/h1-4,7-11,15-16H,5-6,12H2/t15-,16+. The molecule has 2 aromatic rings. The van der Waals surface area contributed by atoms with E-state index in [1.54, 1.807) is 12.1 Å². The average Bonchev–Trinajstić information content (AvgIpc) is 3.03. The van der Waals surface area contributed by atoms with Crippen molar-refractivity contribution < 1.29 is 19.3 Å². The van der Waals surface area contributed by atoms with E-state index in [0.717, 1.165) is 16.1 Å². The van der Waals surface area contributed by atoms with E-state index in [1.165, 1.54) is 24.3 Å². The number of nitro groups is 1. The minimum atomic E-state index is -0.715. The number of benzene rings is 2. The lowest BCUT2D eigenvalue weighted by molar-refractivity contribution is -0.385. The van der Waals surface area contributed by atoms with Crippen LogP contribution in [0, 0.1) is 22.0 Å². The number of nitro benzene ring substituents is 1. The fourth-order valence-corrected chi connectivity index (χ4v) is 4.41. The van der Waals surface area contributed by atoms with Crippen molar-refractivity contribution >= 4 is 46.6 Å². The molecule has 2 atom stereocenters. The summed E-state index contributed by atoms with van der Waals surface area (Å²) in [4.78, 5) is 50.8. The quantitative estimate of drug-likeness (QED) is 0.277. The van der Waals surface area contributed by atoms with Gasteiger partial charge in [0.25, 0.3) is 23.4 Å². The Hall–Kier alpha value is -3.23. The third-order valence-corrected chi connectivity index (χ3v) is 6.19. The fraction of sp³-hybridized carbons (Fsp3) is 0.227. The van der Waals surface area contributed by atoms with Crippen molar-refractivity contribution in [1.29, 1.82) is 0 Å². The molecule has 1 aliphatic heterocycles. The van der Waals surface area contributed by atoms with Crippen LogP contribution >= 0.6 is 23.2 Å². The molecule has 0 aromatic heterocycles. The summed E-state index contributed by atoms with van der Waals surface area (Å²) in [7, 11) is 0. The van der Waals surface area contributed by atoms with Gasteiger partial charge in [-0.15, -0.1) is 0 Å². The highest BCUT2D eigenvalue weighted by molar-refractivity contribution is 6.34. The lowest BCUT2D eigenvalue weighted by atomic mass is 9.85. The van der Waals surface area contributed by atoms with Crippen LogP contribution in [-0.4, -0.2) is 32.7 Å². The molecule has 1 fully saturated rings. The van der Waals surface area contributed by atoms with Gasteiger partial charge in [-0.05, 0) is 37.1 Å². The van der Waals surface area contributed by atoms with Crippen LogP contribution in [0.4, 0.5) is 5.69 Å². The number of hydrazine groups is 1. The molecule has 2 aliphatic rings. The molecule has 0 bridgehead atoms. The summed E-state index contributed by atoms with van der Waals surface area (Å²) in [6, 6.07) is 10.2. The van der Waals surface area contributed by atoms with Crippen molar-refractivity contribution in [2.24, 2.45) is 11.8 Å². The van der Waals surface area contributed by atoms with E-state index in [4.69, 9.17) is 23.2 Å². The maximum Gasteiger partial charge on any atom is 0.275 e. The molecule has 1 saturated heterocycles. The Balaban J connectivity index is 1.79. The summed E-state index contributed by atoms with van der Waals surface area (Å²) >= 11 is 12.1. The molecular weight excluding hydrogens is 457 g/mol. The van der Waals surface area contributed by atoms with E-state index >= 15 is 0 Å². The van der Waals surface area contributed by atoms with Crippen LogP contribution in [0.3, 0.4) is 0 Å². The molecule has 32 heavy (non-hydrogen) atoms. The second kappa shape index (κ2) is 8.72. The van der Waals surface area contributed by atoms with Crippen LogP contribution in [-0.2, 0) is 16.1 Å². The van der Waals surface area contributed by atoms with Gasteiger partial charge in [0, 0.05) is 11.1 Å². The number of imide groups is 1. The van der Waals surface area contributed by atoms with E-state index in [-0.39, 0.29) is 33.4 Å². The molecule has 0 saturated carbocycles. The van der Waals surface area contributed by atoms with Crippen LogP contribution in [0.2, 0.25) is 10.0 Å². The lowest BCUT2D eigenvalue weighted by Gasteiger charge is -2.30. The molecule has 0 spiro atoms. The number of rotatable bonds is 5. The van der Waals surface area contributed by atoms with E-state index in [9.17, 15) is 24.5 Å². The van der Waals surface area contributed by atoms with Crippen LogP contribution in [0.5, 0.6) is 0 Å². The minimum Gasteiger partial charge on any atom is -0.272 e. The minimum absolute atomic E-state index is 0.0689. The van der Waals surface area contributed by atoms with Crippen LogP contribution in [0.25, 0.3) is 0 Å². The Kier molecular flexibility index (Phi) is 5.99. The van der Waals surface area contributed by atoms with Gasteiger partial charge in [0.15, 0.2) is 0 Å². The molecular formula is C22H17Cl2N3O5. The number of halogens is 2. The molecule has 1 heterocycles. The van der Waals surface area contributed by atoms with Crippen molar-refractivity contribution in [3.05, 3.63) is 85.9 Å². The number of allylic oxidation sites excluding steroid dienone is 2. The van der Waals surface area contributed by atoms with Crippen molar-refractivity contribution in [2.75, 3.05) is 0 Å². The number of nitrogens with zero attached hydrogens (tertiary/aromatic N) is 3. The second-order valence-electron chi connectivity index (χ2n) is 7.52. The zero-order valence-electron chi connectivity index (χ0n) is 16.6. The molecule has 0 N–H and O–H groups in total. The van der Waals surface area contributed by atoms with Gasteiger partial charge in [-0.3, -0.25) is 24.5 Å². The monoisotopic (exact) mass is 473 g/mol. The Morgan fingerprint density at radius 2 is 1.69 bits per heavy atom. The van der Waals surface area contributed by atoms with Gasteiger partial charge in [-0.25, -0.2) is 5.01 Å². The summed E-state index contributed by atoms with van der Waals surface area (Å²) in [5.41, 5.74) is -0.139. The third kappa shape index (κ3) is 3.87. The predicted octanol–water partition coefficient (Wildman–Crippen LogP) is 4.41. The first-order valence-electron chi connectivity index (χ1n) is 9.81. The molecule has 3 amide bonds. The molecule has 10 heteroatoms. The van der Waals surface area contributed by atoms with Crippen LogP contribution in [0.1, 0.15) is 28.8 Å². The number of carbonyl (C=O) groups is 3. The Bertz CT molecular complexity index is 1140. The molecule has 164 valence electrons. The van der Waals surface area contributed by atoms with Crippen LogP contribution < -0.4 is 0 Å². The van der Waals surface area contributed by atoms with Gasteiger partial charge >= 0.3 is 0 Å². The maximum atomic E-state index is 13.5. The van der Waals surface area contributed by atoms with Crippen molar-refractivity contribution in [3.8, 4) is 0 Å². The summed E-state index contributed by atoms with van der Waals surface area (Å²) in [6.45, 7) is -0.387. The Morgan fingerprint density at radius 3 is 2.28 bits per heavy atom. The highest BCUT2D eigenvalue weighted by Gasteiger charge is 2.51. The highest BCUT2D eigenvalue weighted by atomic mass is 35.5. The number of fused-ring (bicyclic) bond motifs is 1. The summed E-state index contributed by atoms with van der Waals surface area (Å²) in [6.07, 6.45) is 4.45. The van der Waals surface area contributed by atoms with Crippen molar-refractivity contribution in [3.63, 3.8) is 0 Å². The summed E-state index contributed by atoms with van der Waals surface area (Å²) in [5.74, 6) is -2.89. The van der Waals surface area contributed by atoms with E-state index in [1.807, 2.05) is 12.2 Å². The van der Waals surface area contributed by atoms with E-state index in [2.05, 4.69) is 0 Å². The van der Waals surface area contributed by atoms with Crippen molar-refractivity contribution in [1.82, 2.24) is 10.0 Å².